The molecule has 0 aliphatic heterocycles. The topological polar surface area (TPSA) is 82.3 Å². The van der Waals surface area contributed by atoms with Gasteiger partial charge in [-0.2, -0.15) is 0 Å². The summed E-state index contributed by atoms with van der Waals surface area (Å²) in [6, 6.07) is 14.5. The molecule has 2 heterocycles. The first-order valence-electron chi connectivity index (χ1n) is 11.8. The largest absolute Gasteiger partial charge is 0.497 e. The van der Waals surface area contributed by atoms with E-state index in [1.807, 2.05) is 24.3 Å². The number of hydrogen-bond acceptors (Lipinski definition) is 5. The molecule has 0 bridgehead atoms. The zero-order valence-electron chi connectivity index (χ0n) is 19.8. The summed E-state index contributed by atoms with van der Waals surface area (Å²) in [7, 11) is 1.54. The first kappa shape index (κ1) is 23.1. The molecular weight excluding hydrogens is 462 g/mol. The number of methoxy groups -OCH3 is 1. The molecule has 0 atom stereocenters. The van der Waals surface area contributed by atoms with Gasteiger partial charge in [0, 0.05) is 16.6 Å². The predicted octanol–water partition coefficient (Wildman–Crippen LogP) is 4.30. The number of thiophene rings is 1. The molecule has 35 heavy (non-hydrogen) atoms. The molecule has 0 saturated heterocycles. The van der Waals surface area contributed by atoms with Crippen LogP contribution in [0.4, 0.5) is 5.69 Å². The van der Waals surface area contributed by atoms with Crippen molar-refractivity contribution in [3.63, 3.8) is 0 Å². The van der Waals surface area contributed by atoms with Crippen LogP contribution in [0.2, 0.25) is 0 Å². The second-order valence-corrected chi connectivity index (χ2v) is 9.78. The van der Waals surface area contributed by atoms with Crippen molar-refractivity contribution >= 4 is 33.1 Å². The number of benzene rings is 2. The highest BCUT2D eigenvalue weighted by atomic mass is 32.1. The van der Waals surface area contributed by atoms with E-state index in [0.717, 1.165) is 47.1 Å². The predicted molar refractivity (Wildman–Crippen MR) is 139 cm³/mol. The monoisotopic (exact) mass is 489 g/mol. The Balaban J connectivity index is 1.64. The van der Waals surface area contributed by atoms with Crippen molar-refractivity contribution in [1.29, 1.82) is 0 Å². The maximum absolute atomic E-state index is 13.7. The number of ether oxygens (including phenoxy) is 1. The number of carbonyl (C=O) groups is 1. The van der Waals surface area contributed by atoms with Gasteiger partial charge < -0.3 is 10.1 Å². The molecule has 1 aliphatic rings. The summed E-state index contributed by atoms with van der Waals surface area (Å²) in [5.41, 5.74) is 2.40. The Hall–Kier alpha value is -3.65. The maximum atomic E-state index is 13.7. The smallest absolute Gasteiger partial charge is 0.337 e. The molecule has 8 heteroatoms. The van der Waals surface area contributed by atoms with Gasteiger partial charge in [0.05, 0.1) is 18.2 Å². The molecule has 0 spiro atoms. The molecule has 2 aromatic carbocycles. The van der Waals surface area contributed by atoms with Crippen molar-refractivity contribution in [1.82, 2.24) is 9.13 Å². The Morgan fingerprint density at radius 1 is 1.09 bits per heavy atom. The molecule has 1 N–H and O–H groups in total. The lowest BCUT2D eigenvalue weighted by atomic mass is 9.97. The van der Waals surface area contributed by atoms with Gasteiger partial charge in [-0.3, -0.25) is 14.2 Å². The number of fused-ring (bicyclic) bond motifs is 3. The molecule has 0 radical (unpaired) electrons. The SMILES string of the molecule is CCc1ccc(NC(=O)Cn2c(=O)n(-c3cccc(OC)c3)c(=O)c3c4c(sc32)CCCC4)cc1. The molecule has 180 valence electrons. The summed E-state index contributed by atoms with van der Waals surface area (Å²) in [6.45, 7) is 1.89. The van der Waals surface area contributed by atoms with Gasteiger partial charge in [0.1, 0.15) is 17.1 Å². The van der Waals surface area contributed by atoms with E-state index in [9.17, 15) is 14.4 Å². The van der Waals surface area contributed by atoms with Gasteiger partial charge in [0.25, 0.3) is 5.56 Å². The average molecular weight is 490 g/mol. The summed E-state index contributed by atoms with van der Waals surface area (Å²) in [5.74, 6) is 0.223. The number of aromatic nitrogens is 2. The maximum Gasteiger partial charge on any atom is 0.337 e. The van der Waals surface area contributed by atoms with Gasteiger partial charge in [-0.15, -0.1) is 11.3 Å². The molecule has 7 nitrogen and oxygen atoms in total. The van der Waals surface area contributed by atoms with Gasteiger partial charge in [0.2, 0.25) is 5.91 Å². The summed E-state index contributed by atoms with van der Waals surface area (Å²) < 4.78 is 7.91. The van der Waals surface area contributed by atoms with Crippen molar-refractivity contribution in [3.05, 3.63) is 85.4 Å². The third-order valence-corrected chi connectivity index (χ3v) is 7.81. The minimum Gasteiger partial charge on any atom is -0.497 e. The Morgan fingerprint density at radius 3 is 2.60 bits per heavy atom. The Labute approximate surface area is 206 Å². The molecule has 0 saturated carbocycles. The quantitative estimate of drug-likeness (QED) is 0.438. The lowest BCUT2D eigenvalue weighted by molar-refractivity contribution is -0.116. The van der Waals surface area contributed by atoms with E-state index in [-0.39, 0.29) is 18.0 Å². The average Bonchev–Trinajstić information content (AvgIpc) is 3.27. The van der Waals surface area contributed by atoms with Crippen LogP contribution in [-0.2, 0) is 30.6 Å². The van der Waals surface area contributed by atoms with Crippen LogP contribution in [0.25, 0.3) is 15.9 Å². The molecule has 0 fully saturated rings. The van der Waals surface area contributed by atoms with Crippen LogP contribution in [-0.4, -0.2) is 22.2 Å². The van der Waals surface area contributed by atoms with Crippen molar-refractivity contribution in [2.24, 2.45) is 0 Å². The fourth-order valence-corrected chi connectivity index (χ4v) is 6.03. The fourth-order valence-electron chi connectivity index (χ4n) is 4.65. The van der Waals surface area contributed by atoms with Crippen molar-refractivity contribution in [2.45, 2.75) is 45.6 Å². The summed E-state index contributed by atoms with van der Waals surface area (Å²) in [4.78, 5) is 42.1. The highest BCUT2D eigenvalue weighted by Crippen LogP contribution is 2.34. The highest BCUT2D eigenvalue weighted by Gasteiger charge is 2.25. The van der Waals surface area contributed by atoms with E-state index in [2.05, 4.69) is 12.2 Å². The van der Waals surface area contributed by atoms with Crippen LogP contribution in [0.5, 0.6) is 5.75 Å². The summed E-state index contributed by atoms with van der Waals surface area (Å²) >= 11 is 1.46. The summed E-state index contributed by atoms with van der Waals surface area (Å²) in [6.07, 6.45) is 4.66. The molecular formula is C27H27N3O4S. The number of hydrogen-bond donors (Lipinski definition) is 1. The van der Waals surface area contributed by atoms with Crippen LogP contribution < -0.4 is 21.3 Å². The van der Waals surface area contributed by atoms with E-state index in [1.165, 1.54) is 28.6 Å². The number of nitrogens with zero attached hydrogens (tertiary/aromatic N) is 2. The minimum atomic E-state index is -0.536. The zero-order chi connectivity index (χ0) is 24.5. The normalized spacial score (nSPS) is 13.0. The summed E-state index contributed by atoms with van der Waals surface area (Å²) in [5, 5.41) is 3.43. The van der Waals surface area contributed by atoms with Crippen LogP contribution in [0.3, 0.4) is 0 Å². The highest BCUT2D eigenvalue weighted by molar-refractivity contribution is 7.18. The van der Waals surface area contributed by atoms with E-state index in [0.29, 0.717) is 27.3 Å². The van der Waals surface area contributed by atoms with E-state index < -0.39 is 5.69 Å². The lowest BCUT2D eigenvalue weighted by Crippen LogP contribution is -2.40. The number of anilines is 1. The van der Waals surface area contributed by atoms with Crippen LogP contribution in [0.15, 0.2) is 58.1 Å². The third-order valence-electron chi connectivity index (χ3n) is 6.50. The molecule has 5 rings (SSSR count). The van der Waals surface area contributed by atoms with Gasteiger partial charge in [-0.1, -0.05) is 25.1 Å². The number of nitrogens with one attached hydrogen (secondary N) is 1. The third kappa shape index (κ3) is 4.30. The van der Waals surface area contributed by atoms with Crippen molar-refractivity contribution in [2.75, 3.05) is 12.4 Å². The molecule has 2 aromatic heterocycles. The molecule has 0 unspecified atom stereocenters. The van der Waals surface area contributed by atoms with Crippen LogP contribution >= 0.6 is 11.3 Å². The molecule has 4 aromatic rings. The van der Waals surface area contributed by atoms with Crippen LogP contribution in [0, 0.1) is 0 Å². The Bertz CT molecular complexity index is 1530. The van der Waals surface area contributed by atoms with Crippen molar-refractivity contribution < 1.29 is 9.53 Å². The Morgan fingerprint density at radius 2 is 1.86 bits per heavy atom. The van der Waals surface area contributed by atoms with Crippen LogP contribution in [0.1, 0.15) is 35.8 Å². The number of carbonyl (C=O) groups excluding carboxylic acids is 1. The first-order valence-corrected chi connectivity index (χ1v) is 12.6. The van der Waals surface area contributed by atoms with Crippen molar-refractivity contribution in [3.8, 4) is 11.4 Å². The standard InChI is InChI=1S/C27H27N3O4S/c1-3-17-11-13-18(14-12-17)28-23(31)16-29-26-24(21-9-4-5-10-22(21)35-26)25(32)30(27(29)33)19-7-6-8-20(15-19)34-2/h6-8,11-15H,3-5,9-10,16H2,1-2H3,(H,28,31). The van der Waals surface area contributed by atoms with Gasteiger partial charge in [-0.05, 0) is 67.5 Å². The second kappa shape index (κ2) is 9.54. The number of amides is 1. The van der Waals surface area contributed by atoms with E-state index in [4.69, 9.17) is 4.74 Å². The van der Waals surface area contributed by atoms with Gasteiger partial charge in [-0.25, -0.2) is 9.36 Å². The minimum absolute atomic E-state index is 0.186. The zero-order valence-corrected chi connectivity index (χ0v) is 20.6. The molecule has 1 amide bonds. The fraction of sp³-hybridized carbons (Fsp3) is 0.296. The number of aryl methyl sites for hydroxylation is 3. The van der Waals surface area contributed by atoms with E-state index in [1.54, 1.807) is 24.3 Å². The van der Waals surface area contributed by atoms with E-state index >= 15 is 0 Å². The Kier molecular flexibility index (Phi) is 6.30. The molecule has 1 aliphatic carbocycles. The van der Waals surface area contributed by atoms with Gasteiger partial charge >= 0.3 is 5.69 Å². The lowest BCUT2D eigenvalue weighted by Gasteiger charge is -2.14. The first-order chi connectivity index (χ1) is 17.0. The number of rotatable bonds is 6. The van der Waals surface area contributed by atoms with Gasteiger partial charge in [0.15, 0.2) is 0 Å². The second-order valence-electron chi connectivity index (χ2n) is 8.70.